The molecule has 0 radical (unpaired) electrons. The van der Waals surface area contributed by atoms with E-state index in [1.165, 1.54) is 11.3 Å². The Morgan fingerprint density at radius 3 is 2.68 bits per heavy atom. The van der Waals surface area contributed by atoms with Crippen LogP contribution in [0.5, 0.6) is 0 Å². The van der Waals surface area contributed by atoms with Gasteiger partial charge in [0, 0.05) is 21.5 Å². The third-order valence-electron chi connectivity index (χ3n) is 3.28. The molecule has 0 unspecified atom stereocenters. The summed E-state index contributed by atoms with van der Waals surface area (Å²) in [4.78, 5) is 0. The summed E-state index contributed by atoms with van der Waals surface area (Å²) in [6, 6.07) is 13.8. The van der Waals surface area contributed by atoms with Crippen molar-refractivity contribution in [2.24, 2.45) is 0 Å². The molecule has 1 aromatic heterocycles. The molecule has 1 heterocycles. The van der Waals surface area contributed by atoms with Gasteiger partial charge >= 0.3 is 0 Å². The molecule has 0 amide bonds. The number of hydrogen-bond acceptors (Lipinski definition) is 1. The molecule has 3 rings (SSSR count). The van der Waals surface area contributed by atoms with Gasteiger partial charge in [0.05, 0.1) is 0 Å². The monoisotopic (exact) mass is 290 g/mol. The van der Waals surface area contributed by atoms with Gasteiger partial charge in [-0.2, -0.15) is 4.39 Å². The van der Waals surface area contributed by atoms with Crippen molar-refractivity contribution in [2.75, 3.05) is 0 Å². The van der Waals surface area contributed by atoms with Crippen LogP contribution in [0.25, 0.3) is 21.2 Å². The molecule has 19 heavy (non-hydrogen) atoms. The molecule has 0 aliphatic carbocycles. The highest BCUT2D eigenvalue weighted by Crippen LogP contribution is 2.39. The van der Waals surface area contributed by atoms with Crippen LogP contribution in [-0.4, -0.2) is 0 Å². The lowest BCUT2D eigenvalue weighted by molar-refractivity contribution is 0.661. The normalized spacial score (nSPS) is 11.1. The van der Waals surface area contributed by atoms with E-state index in [4.69, 9.17) is 11.6 Å². The second-order valence-electron chi connectivity index (χ2n) is 4.53. The molecule has 0 aliphatic rings. The van der Waals surface area contributed by atoms with E-state index in [0.29, 0.717) is 11.4 Å². The lowest BCUT2D eigenvalue weighted by Crippen LogP contribution is -1.84. The number of benzene rings is 2. The molecule has 0 saturated carbocycles. The smallest absolute Gasteiger partial charge is 0.185 e. The summed E-state index contributed by atoms with van der Waals surface area (Å²) in [5.74, 6) is 0.445. The number of aryl methyl sites for hydroxylation is 1. The van der Waals surface area contributed by atoms with E-state index in [9.17, 15) is 4.39 Å². The van der Waals surface area contributed by atoms with Crippen molar-refractivity contribution in [3.63, 3.8) is 0 Å². The Labute approximate surface area is 120 Å². The van der Waals surface area contributed by atoms with Crippen LogP contribution in [0.1, 0.15) is 11.1 Å². The fourth-order valence-corrected chi connectivity index (χ4v) is 3.39. The Morgan fingerprint density at radius 2 is 1.95 bits per heavy atom. The van der Waals surface area contributed by atoms with Gasteiger partial charge in [0.15, 0.2) is 5.13 Å². The summed E-state index contributed by atoms with van der Waals surface area (Å²) < 4.78 is 15.3. The quantitative estimate of drug-likeness (QED) is 0.527. The van der Waals surface area contributed by atoms with Gasteiger partial charge in [-0.3, -0.25) is 0 Å². The van der Waals surface area contributed by atoms with Gasteiger partial charge in [0.1, 0.15) is 0 Å². The number of alkyl halides is 1. The molecule has 0 nitrogen and oxygen atoms in total. The average molecular weight is 291 g/mol. The fraction of sp³-hybridized carbons (Fsp3) is 0.125. The van der Waals surface area contributed by atoms with E-state index in [1.807, 2.05) is 49.4 Å². The zero-order chi connectivity index (χ0) is 13.4. The molecule has 0 bridgehead atoms. The van der Waals surface area contributed by atoms with Crippen LogP contribution in [0.4, 0.5) is 4.39 Å². The minimum atomic E-state index is -0.129. The van der Waals surface area contributed by atoms with Gasteiger partial charge in [-0.15, -0.1) is 22.9 Å². The van der Waals surface area contributed by atoms with Gasteiger partial charge in [-0.1, -0.05) is 30.3 Å². The first-order valence-electron chi connectivity index (χ1n) is 6.03. The summed E-state index contributed by atoms with van der Waals surface area (Å²) in [5.41, 5.74) is 3.75. The van der Waals surface area contributed by atoms with E-state index in [2.05, 4.69) is 0 Å². The zero-order valence-electron chi connectivity index (χ0n) is 10.4. The molecule has 0 spiro atoms. The van der Waals surface area contributed by atoms with Crippen LogP contribution < -0.4 is 0 Å². The predicted molar refractivity (Wildman–Crippen MR) is 81.5 cm³/mol. The Morgan fingerprint density at radius 1 is 1.16 bits per heavy atom. The Bertz CT molecular complexity index is 746. The van der Waals surface area contributed by atoms with Gasteiger partial charge in [0.2, 0.25) is 0 Å². The topological polar surface area (TPSA) is 0 Å². The minimum absolute atomic E-state index is 0.129. The second kappa shape index (κ2) is 4.95. The zero-order valence-corrected chi connectivity index (χ0v) is 12.0. The SMILES string of the molecule is Cc1ccccc1-c1c(F)sc2ccc(CCl)cc12. The first-order valence-corrected chi connectivity index (χ1v) is 7.38. The Kier molecular flexibility index (Phi) is 3.29. The number of halogens is 2. The van der Waals surface area contributed by atoms with Crippen molar-refractivity contribution in [3.8, 4) is 11.1 Å². The van der Waals surface area contributed by atoms with Crippen molar-refractivity contribution in [2.45, 2.75) is 12.8 Å². The average Bonchev–Trinajstić information content (AvgIpc) is 2.74. The Balaban J connectivity index is 2.34. The van der Waals surface area contributed by atoms with Crippen LogP contribution in [0, 0.1) is 12.1 Å². The van der Waals surface area contributed by atoms with Gasteiger partial charge in [-0.05, 0) is 35.7 Å². The third kappa shape index (κ3) is 2.15. The van der Waals surface area contributed by atoms with Crippen LogP contribution in [0.3, 0.4) is 0 Å². The van der Waals surface area contributed by atoms with E-state index in [-0.39, 0.29) is 5.13 Å². The fourth-order valence-electron chi connectivity index (χ4n) is 2.30. The standard InChI is InChI=1S/C16H12ClFS/c1-10-4-2-3-5-12(10)15-13-8-11(9-17)6-7-14(13)19-16(15)18/h2-8H,9H2,1H3. The second-order valence-corrected chi connectivity index (χ2v) is 5.80. The highest BCUT2D eigenvalue weighted by molar-refractivity contribution is 7.18. The van der Waals surface area contributed by atoms with Gasteiger partial charge in [0.25, 0.3) is 0 Å². The number of fused-ring (bicyclic) bond motifs is 1. The maximum Gasteiger partial charge on any atom is 0.185 e. The van der Waals surface area contributed by atoms with E-state index in [0.717, 1.165) is 26.8 Å². The molecule has 0 N–H and O–H groups in total. The van der Waals surface area contributed by atoms with Crippen molar-refractivity contribution < 1.29 is 4.39 Å². The lowest BCUT2D eigenvalue weighted by atomic mass is 9.99. The third-order valence-corrected chi connectivity index (χ3v) is 4.55. The molecule has 0 fully saturated rings. The summed E-state index contributed by atoms with van der Waals surface area (Å²) in [6.07, 6.45) is 0. The lowest BCUT2D eigenvalue weighted by Gasteiger charge is -2.05. The molecule has 0 aliphatic heterocycles. The summed E-state index contributed by atoms with van der Waals surface area (Å²) in [6.45, 7) is 2.00. The maximum atomic E-state index is 14.3. The number of hydrogen-bond donors (Lipinski definition) is 0. The van der Waals surface area contributed by atoms with Crippen molar-refractivity contribution >= 4 is 33.0 Å². The highest BCUT2D eigenvalue weighted by atomic mass is 35.5. The maximum absolute atomic E-state index is 14.3. The van der Waals surface area contributed by atoms with Crippen LogP contribution in [0.15, 0.2) is 42.5 Å². The molecule has 0 saturated heterocycles. The largest absolute Gasteiger partial charge is 0.194 e. The first kappa shape index (κ1) is 12.6. The summed E-state index contributed by atoms with van der Waals surface area (Å²) >= 11 is 7.07. The molecular weight excluding hydrogens is 279 g/mol. The van der Waals surface area contributed by atoms with E-state index < -0.39 is 0 Å². The molecule has 3 heteroatoms. The molecule has 3 aromatic rings. The van der Waals surface area contributed by atoms with Gasteiger partial charge < -0.3 is 0 Å². The van der Waals surface area contributed by atoms with Gasteiger partial charge in [-0.25, -0.2) is 0 Å². The van der Waals surface area contributed by atoms with E-state index >= 15 is 0 Å². The van der Waals surface area contributed by atoms with Crippen molar-refractivity contribution in [3.05, 3.63) is 58.7 Å². The highest BCUT2D eigenvalue weighted by Gasteiger charge is 2.15. The first-order chi connectivity index (χ1) is 9.20. The summed E-state index contributed by atoms with van der Waals surface area (Å²) in [5, 5.41) is 0.825. The number of rotatable bonds is 2. The van der Waals surface area contributed by atoms with Crippen LogP contribution in [0.2, 0.25) is 0 Å². The molecule has 96 valence electrons. The van der Waals surface area contributed by atoms with Crippen LogP contribution >= 0.6 is 22.9 Å². The Hall–Kier alpha value is -1.38. The molecule has 0 atom stereocenters. The van der Waals surface area contributed by atoms with Crippen molar-refractivity contribution in [1.82, 2.24) is 0 Å². The van der Waals surface area contributed by atoms with Crippen LogP contribution in [-0.2, 0) is 5.88 Å². The van der Waals surface area contributed by atoms with Crippen molar-refractivity contribution in [1.29, 1.82) is 0 Å². The predicted octanol–water partition coefficient (Wildman–Crippen LogP) is 5.75. The number of thiophene rings is 1. The summed E-state index contributed by atoms with van der Waals surface area (Å²) in [7, 11) is 0. The molecule has 2 aromatic carbocycles. The van der Waals surface area contributed by atoms with E-state index in [1.54, 1.807) is 0 Å². The molecular formula is C16H12ClFS. The minimum Gasteiger partial charge on any atom is -0.194 e.